The molecule has 2 amide bonds. The van der Waals surface area contributed by atoms with E-state index in [0.717, 1.165) is 17.7 Å². The monoisotopic (exact) mass is 696 g/mol. The SMILES string of the molecule is CCC(C)C(=O)NCC(O)C(O)C1OC(OP(=O)([O-])OC[C@H]2O[C@@H](n3ccc(N)nc3=O)[C@H](O)[C@@H]2O)(C(=O)O)CC(O)C1NC(C)=O. The Morgan fingerprint density at radius 3 is 2.51 bits per heavy atom. The molecule has 47 heavy (non-hydrogen) atoms. The number of carbonyl (C=O) groups is 3. The van der Waals surface area contributed by atoms with Crippen LogP contribution in [0.4, 0.5) is 5.82 Å². The maximum atomic E-state index is 12.9. The van der Waals surface area contributed by atoms with E-state index in [0.29, 0.717) is 6.42 Å². The van der Waals surface area contributed by atoms with Gasteiger partial charge in [-0.1, -0.05) is 13.8 Å². The van der Waals surface area contributed by atoms with Gasteiger partial charge in [-0.25, -0.2) is 9.59 Å². The summed E-state index contributed by atoms with van der Waals surface area (Å²) in [6.07, 6.45) is -14.4. The molecule has 3 heterocycles. The number of nitrogens with zero attached hydrogens (tertiary/aromatic N) is 2. The number of aliphatic carboxylic acids is 1. The van der Waals surface area contributed by atoms with E-state index in [1.54, 1.807) is 13.8 Å². The van der Waals surface area contributed by atoms with Crippen molar-refractivity contribution in [1.29, 1.82) is 0 Å². The minimum atomic E-state index is -5.81. The number of hydrogen-bond donors (Lipinski definition) is 9. The van der Waals surface area contributed by atoms with Gasteiger partial charge in [-0.2, -0.15) is 4.98 Å². The normalized spacial score (nSPS) is 32.5. The largest absolute Gasteiger partial charge is 0.756 e. The Labute approximate surface area is 266 Å². The summed E-state index contributed by atoms with van der Waals surface area (Å²) < 4.78 is 33.9. The van der Waals surface area contributed by atoms with E-state index in [-0.39, 0.29) is 5.82 Å². The minimum Gasteiger partial charge on any atom is -0.756 e. The number of phosphoric ester groups is 1. The molecule has 0 radical (unpaired) electrons. The fourth-order valence-corrected chi connectivity index (χ4v) is 5.82. The number of ether oxygens (including phenoxy) is 2. The molecule has 2 fully saturated rings. The number of anilines is 1. The second kappa shape index (κ2) is 15.4. The molecule has 2 saturated heterocycles. The molecule has 21 nitrogen and oxygen atoms in total. The predicted molar refractivity (Wildman–Crippen MR) is 151 cm³/mol. The zero-order valence-corrected chi connectivity index (χ0v) is 26.3. The lowest BCUT2D eigenvalue weighted by atomic mass is 9.88. The first-order valence-corrected chi connectivity index (χ1v) is 15.8. The van der Waals surface area contributed by atoms with E-state index in [9.17, 15) is 59.3 Å². The molecule has 0 aromatic carbocycles. The first-order valence-electron chi connectivity index (χ1n) is 14.3. The average molecular weight is 697 g/mol. The number of carbonyl (C=O) groups excluding carboxylic acids is 2. The third kappa shape index (κ3) is 9.09. The molecule has 2 aliphatic rings. The van der Waals surface area contributed by atoms with Crippen molar-refractivity contribution in [1.82, 2.24) is 20.2 Å². The van der Waals surface area contributed by atoms with Gasteiger partial charge in [-0.05, 0) is 12.5 Å². The summed E-state index contributed by atoms with van der Waals surface area (Å²) in [5, 5.41) is 67.7. The first kappa shape index (κ1) is 38.4. The van der Waals surface area contributed by atoms with Crippen LogP contribution in [0, 0.1) is 5.92 Å². The number of nitrogens with two attached hydrogens (primary N) is 1. The molecule has 22 heteroatoms. The number of aliphatic hydroxyl groups excluding tert-OH is 5. The van der Waals surface area contributed by atoms with Gasteiger partial charge in [0, 0.05) is 32.0 Å². The summed E-state index contributed by atoms with van der Waals surface area (Å²) in [4.78, 5) is 64.9. The molecule has 1 aromatic heterocycles. The predicted octanol–water partition coefficient (Wildman–Crippen LogP) is -4.73. The average Bonchev–Trinajstić information content (AvgIpc) is 3.27. The Morgan fingerprint density at radius 2 is 1.94 bits per heavy atom. The Kier molecular flexibility index (Phi) is 12.6. The van der Waals surface area contributed by atoms with Crippen molar-refractivity contribution < 1.29 is 73.0 Å². The molecule has 266 valence electrons. The highest BCUT2D eigenvalue weighted by atomic mass is 31.2. The number of hydrogen-bond acceptors (Lipinski definition) is 17. The number of carboxylic acid groups (broad SMARTS) is 1. The third-order valence-corrected chi connectivity index (χ3v) is 8.65. The van der Waals surface area contributed by atoms with Gasteiger partial charge in [0.1, 0.15) is 36.3 Å². The highest BCUT2D eigenvalue weighted by Gasteiger charge is 2.57. The quantitative estimate of drug-likeness (QED) is 0.0825. The van der Waals surface area contributed by atoms with Crippen LogP contribution in [0.25, 0.3) is 0 Å². The Morgan fingerprint density at radius 1 is 1.28 bits per heavy atom. The van der Waals surface area contributed by atoms with Crippen LogP contribution in [0.1, 0.15) is 39.8 Å². The Hall–Kier alpha value is -3.08. The molecule has 2 aliphatic heterocycles. The van der Waals surface area contributed by atoms with E-state index < -0.39 is 118 Å². The molecule has 8 unspecified atom stereocenters. The maximum Gasteiger partial charge on any atom is 0.364 e. The van der Waals surface area contributed by atoms with Crippen LogP contribution in [0.2, 0.25) is 0 Å². The van der Waals surface area contributed by atoms with Crippen molar-refractivity contribution in [2.24, 2.45) is 5.92 Å². The second-order valence-electron chi connectivity index (χ2n) is 11.2. The van der Waals surface area contributed by atoms with Crippen molar-refractivity contribution in [3.8, 4) is 0 Å². The van der Waals surface area contributed by atoms with Crippen LogP contribution in [0.5, 0.6) is 0 Å². The van der Waals surface area contributed by atoms with E-state index in [4.69, 9.17) is 24.3 Å². The number of nitrogens with one attached hydrogen (secondary N) is 2. The summed E-state index contributed by atoms with van der Waals surface area (Å²) in [6, 6.07) is -0.405. The highest BCUT2D eigenvalue weighted by Crippen LogP contribution is 2.48. The fourth-order valence-electron chi connectivity index (χ4n) is 4.89. The van der Waals surface area contributed by atoms with Gasteiger partial charge >= 0.3 is 11.7 Å². The highest BCUT2D eigenvalue weighted by molar-refractivity contribution is 7.45. The molecular formula is C25H39N5O16P-. The topological polar surface area (TPSA) is 335 Å². The van der Waals surface area contributed by atoms with Gasteiger partial charge in [0.25, 0.3) is 13.6 Å². The number of aromatic nitrogens is 2. The summed E-state index contributed by atoms with van der Waals surface area (Å²) in [6.45, 7) is 2.70. The molecule has 3 rings (SSSR count). The van der Waals surface area contributed by atoms with E-state index >= 15 is 0 Å². The van der Waals surface area contributed by atoms with Crippen LogP contribution >= 0.6 is 7.82 Å². The molecule has 0 spiro atoms. The van der Waals surface area contributed by atoms with Crippen LogP contribution in [-0.4, -0.2) is 126 Å². The number of rotatable bonds is 14. The van der Waals surface area contributed by atoms with Crippen LogP contribution < -0.4 is 27.0 Å². The lowest BCUT2D eigenvalue weighted by Crippen LogP contribution is -2.68. The maximum absolute atomic E-state index is 12.9. The van der Waals surface area contributed by atoms with Gasteiger partial charge in [0.2, 0.25) is 11.8 Å². The summed E-state index contributed by atoms with van der Waals surface area (Å²) >= 11 is 0. The van der Waals surface area contributed by atoms with E-state index in [1.165, 1.54) is 6.07 Å². The number of phosphoric acid groups is 1. The summed E-state index contributed by atoms with van der Waals surface area (Å²) in [5.74, 6) is -7.28. The van der Waals surface area contributed by atoms with Gasteiger partial charge in [-0.3, -0.25) is 23.2 Å². The molecule has 10 N–H and O–H groups in total. The van der Waals surface area contributed by atoms with Gasteiger partial charge < -0.3 is 65.9 Å². The fraction of sp³-hybridized carbons (Fsp3) is 0.720. The molecular weight excluding hydrogens is 657 g/mol. The third-order valence-electron chi connectivity index (χ3n) is 7.66. The minimum absolute atomic E-state index is 0.146. The lowest BCUT2D eigenvalue weighted by molar-refractivity contribution is -0.313. The molecule has 0 aliphatic carbocycles. The number of nitrogen functional groups attached to an aromatic ring is 1. The second-order valence-corrected chi connectivity index (χ2v) is 12.5. The van der Waals surface area contributed by atoms with Crippen molar-refractivity contribution in [3.05, 3.63) is 22.7 Å². The molecule has 0 saturated carbocycles. The van der Waals surface area contributed by atoms with Gasteiger partial charge in [0.05, 0.1) is 24.9 Å². The summed E-state index contributed by atoms with van der Waals surface area (Å²) in [7, 11) is -5.81. The Bertz CT molecular complexity index is 1400. The van der Waals surface area contributed by atoms with E-state index in [2.05, 4.69) is 15.6 Å². The van der Waals surface area contributed by atoms with Crippen LogP contribution in [-0.2, 0) is 37.5 Å². The standard InChI is InChI=1S/C25H40N5O16P/c1-4-10(2)21(37)27-8-13(33)17(34)20-16(28-11(3)31)12(32)7-25(45-20,23(38)39)46-47(41,42)43-9-14-18(35)19(36)22(44-14)30-6-5-15(26)29-24(30)40/h5-6,10,12-14,16-20,22,32-36H,4,7-9H2,1-3H3,(H,27,37)(H,28,31)(H,38,39)(H,41,42)(H2,26,29,40)/p-1/t10?,12?,13?,14-,16?,17?,18-,19-,20?,22-,25?/m1/s1. The smallest absolute Gasteiger partial charge is 0.364 e. The number of carboxylic acids is 1. The zero-order chi connectivity index (χ0) is 35.4. The van der Waals surface area contributed by atoms with Crippen molar-refractivity contribution in [2.45, 2.75) is 94.4 Å². The summed E-state index contributed by atoms with van der Waals surface area (Å²) in [5.41, 5.74) is 4.47. The zero-order valence-electron chi connectivity index (χ0n) is 25.4. The first-order chi connectivity index (χ1) is 21.8. The lowest BCUT2D eigenvalue weighted by Gasteiger charge is -2.47. The molecule has 1 aromatic rings. The van der Waals surface area contributed by atoms with Crippen molar-refractivity contribution in [2.75, 3.05) is 18.9 Å². The molecule has 0 bridgehead atoms. The van der Waals surface area contributed by atoms with Gasteiger partial charge in [-0.15, -0.1) is 0 Å². The van der Waals surface area contributed by atoms with Crippen LogP contribution in [0.3, 0.4) is 0 Å². The number of aliphatic hydroxyl groups is 5. The number of amides is 2. The van der Waals surface area contributed by atoms with Crippen molar-refractivity contribution >= 4 is 31.4 Å². The van der Waals surface area contributed by atoms with E-state index in [1.807, 2.05) is 0 Å². The van der Waals surface area contributed by atoms with Crippen LogP contribution in [0.15, 0.2) is 17.1 Å². The Balaban J connectivity index is 1.79. The molecule has 12 atom stereocenters. The van der Waals surface area contributed by atoms with Crippen molar-refractivity contribution in [3.63, 3.8) is 0 Å². The van der Waals surface area contributed by atoms with Gasteiger partial charge in [0.15, 0.2) is 6.23 Å².